The van der Waals surface area contributed by atoms with Crippen molar-refractivity contribution in [3.8, 4) is 11.1 Å². The highest BCUT2D eigenvalue weighted by molar-refractivity contribution is 7.19. The number of hydrogen-bond acceptors (Lipinski definition) is 4. The van der Waals surface area contributed by atoms with Crippen LogP contribution in [0.2, 0.25) is 0 Å². The molecule has 4 heteroatoms. The average Bonchev–Trinajstić information content (AvgIpc) is 3.01. The number of nitrogens with one attached hydrogen (secondary N) is 1. The SMILES string of the molecule is CCc1cccc(C)c1Nc1ncnc2sc(C)c(-c3ccc(C)cc3)c12. The zero-order valence-corrected chi connectivity index (χ0v) is 16.9. The molecule has 0 bridgehead atoms. The lowest BCUT2D eigenvalue weighted by Crippen LogP contribution is -2.01. The molecule has 0 fully saturated rings. The highest BCUT2D eigenvalue weighted by Gasteiger charge is 2.17. The quantitative estimate of drug-likeness (QED) is 0.438. The van der Waals surface area contributed by atoms with Gasteiger partial charge < -0.3 is 5.32 Å². The molecule has 0 amide bonds. The number of fused-ring (bicyclic) bond motifs is 1. The van der Waals surface area contributed by atoms with Crippen molar-refractivity contribution >= 4 is 33.1 Å². The Labute approximate surface area is 164 Å². The summed E-state index contributed by atoms with van der Waals surface area (Å²) in [7, 11) is 0. The van der Waals surface area contributed by atoms with Crippen LogP contribution in [0.15, 0.2) is 48.8 Å². The summed E-state index contributed by atoms with van der Waals surface area (Å²) in [6, 6.07) is 15.1. The summed E-state index contributed by atoms with van der Waals surface area (Å²) in [5.41, 5.74) is 7.37. The van der Waals surface area contributed by atoms with Crippen LogP contribution < -0.4 is 5.32 Å². The smallest absolute Gasteiger partial charge is 0.143 e. The summed E-state index contributed by atoms with van der Waals surface area (Å²) in [5.74, 6) is 0.879. The Hall–Kier alpha value is -2.72. The molecule has 0 aliphatic heterocycles. The number of rotatable bonds is 4. The van der Waals surface area contributed by atoms with E-state index in [1.54, 1.807) is 17.7 Å². The van der Waals surface area contributed by atoms with E-state index >= 15 is 0 Å². The number of aryl methyl sites for hydroxylation is 4. The van der Waals surface area contributed by atoms with E-state index in [-0.39, 0.29) is 0 Å². The molecule has 0 atom stereocenters. The van der Waals surface area contributed by atoms with Crippen LogP contribution in [0.1, 0.15) is 28.5 Å². The second-order valence-corrected chi connectivity index (χ2v) is 8.09. The Morgan fingerprint density at radius 3 is 2.48 bits per heavy atom. The van der Waals surface area contributed by atoms with E-state index < -0.39 is 0 Å². The first kappa shape index (κ1) is 17.7. The predicted molar refractivity (Wildman–Crippen MR) is 116 cm³/mol. The zero-order valence-electron chi connectivity index (χ0n) is 16.1. The number of aromatic nitrogens is 2. The summed E-state index contributed by atoms with van der Waals surface area (Å²) in [5, 5.41) is 4.73. The molecule has 2 heterocycles. The van der Waals surface area contributed by atoms with Gasteiger partial charge in [0.2, 0.25) is 0 Å². The van der Waals surface area contributed by atoms with Crippen molar-refractivity contribution in [3.63, 3.8) is 0 Å². The standard InChI is InChI=1S/C23H23N3S/c1-5-17-8-6-7-15(3)21(17)26-22-20-19(18-11-9-14(2)10-12-18)16(4)27-23(20)25-13-24-22/h6-13H,5H2,1-4H3,(H,24,25,26). The van der Waals surface area contributed by atoms with Gasteiger partial charge in [-0.05, 0) is 43.9 Å². The highest BCUT2D eigenvalue weighted by Crippen LogP contribution is 2.41. The Kier molecular flexibility index (Phi) is 4.66. The molecule has 0 aliphatic carbocycles. The van der Waals surface area contributed by atoms with Gasteiger partial charge in [0.05, 0.1) is 5.39 Å². The van der Waals surface area contributed by atoms with E-state index in [0.29, 0.717) is 0 Å². The maximum absolute atomic E-state index is 4.62. The summed E-state index contributed by atoms with van der Waals surface area (Å²) in [6.45, 7) is 8.60. The van der Waals surface area contributed by atoms with Crippen molar-refractivity contribution in [2.24, 2.45) is 0 Å². The minimum atomic E-state index is 0.879. The maximum atomic E-state index is 4.62. The third-order valence-corrected chi connectivity index (χ3v) is 6.00. The van der Waals surface area contributed by atoms with Crippen LogP contribution in [0.25, 0.3) is 21.3 Å². The van der Waals surface area contributed by atoms with Crippen LogP contribution in [-0.2, 0) is 6.42 Å². The minimum Gasteiger partial charge on any atom is -0.339 e. The van der Waals surface area contributed by atoms with Gasteiger partial charge in [-0.25, -0.2) is 9.97 Å². The van der Waals surface area contributed by atoms with Gasteiger partial charge in [-0.3, -0.25) is 0 Å². The van der Waals surface area contributed by atoms with Crippen molar-refractivity contribution < 1.29 is 0 Å². The molecule has 136 valence electrons. The summed E-state index contributed by atoms with van der Waals surface area (Å²) in [4.78, 5) is 11.4. The lowest BCUT2D eigenvalue weighted by molar-refractivity contribution is 1.13. The number of hydrogen-bond donors (Lipinski definition) is 1. The Bertz CT molecular complexity index is 1110. The van der Waals surface area contributed by atoms with E-state index in [9.17, 15) is 0 Å². The molecular weight excluding hydrogens is 350 g/mol. The number of benzene rings is 2. The summed E-state index contributed by atoms with van der Waals surface area (Å²) < 4.78 is 0. The fraction of sp³-hybridized carbons (Fsp3) is 0.217. The molecule has 2 aromatic carbocycles. The highest BCUT2D eigenvalue weighted by atomic mass is 32.1. The van der Waals surface area contributed by atoms with E-state index in [4.69, 9.17) is 0 Å². The summed E-state index contributed by atoms with van der Waals surface area (Å²) in [6.07, 6.45) is 2.63. The average molecular weight is 374 g/mol. The first-order valence-corrected chi connectivity index (χ1v) is 10.1. The Morgan fingerprint density at radius 2 is 1.74 bits per heavy atom. The predicted octanol–water partition coefficient (Wildman–Crippen LogP) is 6.59. The van der Waals surface area contributed by atoms with Crippen LogP contribution in [0.3, 0.4) is 0 Å². The van der Waals surface area contributed by atoms with Gasteiger partial charge in [0, 0.05) is 16.1 Å². The largest absolute Gasteiger partial charge is 0.339 e. The van der Waals surface area contributed by atoms with E-state index in [1.807, 2.05) is 0 Å². The normalized spacial score (nSPS) is 11.1. The van der Waals surface area contributed by atoms with Crippen molar-refractivity contribution in [1.29, 1.82) is 0 Å². The topological polar surface area (TPSA) is 37.8 Å². The van der Waals surface area contributed by atoms with E-state index in [1.165, 1.54) is 32.7 Å². The molecule has 2 aromatic heterocycles. The van der Waals surface area contributed by atoms with Crippen LogP contribution in [0.4, 0.5) is 11.5 Å². The lowest BCUT2D eigenvalue weighted by Gasteiger charge is -2.15. The Morgan fingerprint density at radius 1 is 0.963 bits per heavy atom. The van der Waals surface area contributed by atoms with Gasteiger partial charge in [-0.15, -0.1) is 11.3 Å². The summed E-state index contributed by atoms with van der Waals surface area (Å²) >= 11 is 1.73. The van der Waals surface area contributed by atoms with Crippen molar-refractivity contribution in [3.05, 3.63) is 70.4 Å². The first-order chi connectivity index (χ1) is 13.1. The molecule has 1 N–H and O–H groups in total. The van der Waals surface area contributed by atoms with Gasteiger partial charge in [-0.2, -0.15) is 0 Å². The van der Waals surface area contributed by atoms with Gasteiger partial charge in [0.15, 0.2) is 0 Å². The van der Waals surface area contributed by atoms with Crippen molar-refractivity contribution in [2.45, 2.75) is 34.1 Å². The van der Waals surface area contributed by atoms with Gasteiger partial charge in [-0.1, -0.05) is 55.0 Å². The van der Waals surface area contributed by atoms with Crippen molar-refractivity contribution in [1.82, 2.24) is 9.97 Å². The van der Waals surface area contributed by atoms with E-state index in [0.717, 1.165) is 28.1 Å². The van der Waals surface area contributed by atoms with Gasteiger partial charge in [0.25, 0.3) is 0 Å². The molecule has 0 unspecified atom stereocenters. The Balaban J connectivity index is 1.91. The van der Waals surface area contributed by atoms with Crippen molar-refractivity contribution in [2.75, 3.05) is 5.32 Å². The number of para-hydroxylation sites is 1. The second-order valence-electron chi connectivity index (χ2n) is 6.89. The monoisotopic (exact) mass is 373 g/mol. The molecule has 0 saturated carbocycles. The first-order valence-electron chi connectivity index (χ1n) is 9.25. The number of anilines is 2. The van der Waals surface area contributed by atoms with Crippen LogP contribution in [0.5, 0.6) is 0 Å². The molecule has 4 rings (SSSR count). The molecule has 0 saturated heterocycles. The number of thiophene rings is 1. The molecule has 0 spiro atoms. The lowest BCUT2D eigenvalue weighted by atomic mass is 10.0. The van der Waals surface area contributed by atoms with Gasteiger partial charge >= 0.3 is 0 Å². The van der Waals surface area contributed by atoms with Crippen LogP contribution in [0, 0.1) is 20.8 Å². The maximum Gasteiger partial charge on any atom is 0.143 e. The van der Waals surface area contributed by atoms with Gasteiger partial charge in [0.1, 0.15) is 17.0 Å². The number of nitrogens with zero attached hydrogens (tertiary/aromatic N) is 2. The second kappa shape index (κ2) is 7.12. The molecule has 4 aromatic rings. The third kappa shape index (κ3) is 3.21. The fourth-order valence-corrected chi connectivity index (χ4v) is 4.54. The van der Waals surface area contributed by atoms with E-state index in [2.05, 4.69) is 85.4 Å². The molecule has 0 radical (unpaired) electrons. The van der Waals surface area contributed by atoms with Crippen LogP contribution in [-0.4, -0.2) is 9.97 Å². The van der Waals surface area contributed by atoms with Crippen LogP contribution >= 0.6 is 11.3 Å². The molecule has 27 heavy (non-hydrogen) atoms. The molecular formula is C23H23N3S. The fourth-order valence-electron chi connectivity index (χ4n) is 3.53. The zero-order chi connectivity index (χ0) is 19.0. The molecule has 3 nitrogen and oxygen atoms in total. The minimum absolute atomic E-state index is 0.879. The molecule has 0 aliphatic rings. The third-order valence-electron chi connectivity index (χ3n) is 4.99.